The number of carbonyl (C=O) groups is 1. The van der Waals surface area contributed by atoms with Gasteiger partial charge in [0.2, 0.25) is 5.91 Å². The fraction of sp³-hybridized carbons (Fsp3) is 0.571. The summed E-state index contributed by atoms with van der Waals surface area (Å²) in [5.74, 6) is 1.72. The third kappa shape index (κ3) is 3.94. The highest BCUT2D eigenvalue weighted by Gasteiger charge is 2.41. The largest absolute Gasteiger partial charge is 0.335 e. The van der Waals surface area contributed by atoms with Crippen LogP contribution < -0.4 is 11.3 Å². The molecule has 0 saturated heterocycles. The maximum Gasteiger partial charge on any atom is 0.258 e. The molecule has 28 heavy (non-hydrogen) atoms. The molecule has 2 fully saturated rings. The summed E-state index contributed by atoms with van der Waals surface area (Å²) in [5, 5.41) is 0.574. The van der Waals surface area contributed by atoms with E-state index in [-0.39, 0.29) is 35.8 Å². The lowest BCUT2D eigenvalue weighted by molar-refractivity contribution is -0.139. The minimum atomic E-state index is -0.155. The molecule has 1 aromatic heterocycles. The van der Waals surface area contributed by atoms with Crippen molar-refractivity contribution in [2.24, 2.45) is 23.5 Å². The molecule has 2 bridgehead atoms. The quantitative estimate of drug-likeness (QED) is 0.819. The first-order chi connectivity index (χ1) is 13.1. The van der Waals surface area contributed by atoms with Crippen molar-refractivity contribution in [1.82, 2.24) is 14.9 Å². The molecule has 4 rings (SSSR count). The molecule has 0 aliphatic heterocycles. The van der Waals surface area contributed by atoms with Crippen LogP contribution >= 0.6 is 12.4 Å². The molecule has 0 spiro atoms. The predicted molar refractivity (Wildman–Crippen MR) is 112 cm³/mol. The highest BCUT2D eigenvalue weighted by atomic mass is 35.5. The number of hydrogen-bond acceptors (Lipinski definition) is 4. The van der Waals surface area contributed by atoms with Gasteiger partial charge in [-0.1, -0.05) is 18.6 Å². The van der Waals surface area contributed by atoms with Crippen LogP contribution in [0.3, 0.4) is 0 Å². The van der Waals surface area contributed by atoms with Crippen molar-refractivity contribution in [3.63, 3.8) is 0 Å². The van der Waals surface area contributed by atoms with Gasteiger partial charge < -0.3 is 15.6 Å². The molecular weight excluding hydrogens is 376 g/mol. The molecule has 152 valence electrons. The molecular formula is C21H29ClN4O2. The van der Waals surface area contributed by atoms with E-state index in [0.29, 0.717) is 41.7 Å². The molecule has 2 atom stereocenters. The van der Waals surface area contributed by atoms with Gasteiger partial charge in [-0.25, -0.2) is 4.98 Å². The van der Waals surface area contributed by atoms with E-state index in [0.717, 1.165) is 25.7 Å². The van der Waals surface area contributed by atoms with Gasteiger partial charge in [-0.2, -0.15) is 0 Å². The highest BCUT2D eigenvalue weighted by Crippen LogP contribution is 2.42. The average molecular weight is 405 g/mol. The van der Waals surface area contributed by atoms with Crippen molar-refractivity contribution in [2.45, 2.75) is 51.6 Å². The minimum Gasteiger partial charge on any atom is -0.335 e. The van der Waals surface area contributed by atoms with Gasteiger partial charge in [0.25, 0.3) is 5.56 Å². The van der Waals surface area contributed by atoms with E-state index in [1.165, 1.54) is 6.42 Å². The zero-order valence-corrected chi connectivity index (χ0v) is 17.1. The number of aromatic nitrogens is 2. The minimum absolute atomic E-state index is 0. The number of amides is 1. The SMILES string of the molecule is CCN(Cc1nc2ccccc2c(=O)[nH]1)C(=O)C1CC2CCCC(C1)C2N.Cl. The summed E-state index contributed by atoms with van der Waals surface area (Å²) in [4.78, 5) is 34.7. The predicted octanol–water partition coefficient (Wildman–Crippen LogP) is 2.85. The third-order valence-electron chi connectivity index (χ3n) is 6.46. The van der Waals surface area contributed by atoms with Crippen molar-refractivity contribution in [1.29, 1.82) is 0 Å². The number of aromatic amines is 1. The first-order valence-electron chi connectivity index (χ1n) is 10.1. The molecule has 2 aromatic rings. The van der Waals surface area contributed by atoms with Gasteiger partial charge in [-0.15, -0.1) is 12.4 Å². The number of carbonyl (C=O) groups excluding carboxylic acids is 1. The van der Waals surface area contributed by atoms with E-state index in [1.807, 2.05) is 30.0 Å². The van der Waals surface area contributed by atoms with Crippen molar-refractivity contribution in [3.8, 4) is 0 Å². The van der Waals surface area contributed by atoms with Crippen molar-refractivity contribution >= 4 is 29.2 Å². The summed E-state index contributed by atoms with van der Waals surface area (Å²) >= 11 is 0. The maximum absolute atomic E-state index is 13.2. The molecule has 2 unspecified atom stereocenters. The van der Waals surface area contributed by atoms with Gasteiger partial charge in [0, 0.05) is 18.5 Å². The maximum atomic E-state index is 13.2. The number of nitrogens with zero attached hydrogens (tertiary/aromatic N) is 2. The summed E-state index contributed by atoms with van der Waals surface area (Å²) < 4.78 is 0. The van der Waals surface area contributed by atoms with Crippen LogP contribution in [0.15, 0.2) is 29.1 Å². The second-order valence-corrected chi connectivity index (χ2v) is 8.08. The third-order valence-corrected chi connectivity index (χ3v) is 6.46. The van der Waals surface area contributed by atoms with Crippen molar-refractivity contribution < 1.29 is 4.79 Å². The van der Waals surface area contributed by atoms with Crippen LogP contribution in [0.25, 0.3) is 10.9 Å². The number of nitrogens with one attached hydrogen (secondary N) is 1. The Morgan fingerprint density at radius 3 is 2.61 bits per heavy atom. The van der Waals surface area contributed by atoms with Crippen LogP contribution in [0.2, 0.25) is 0 Å². The Kier molecular flexibility index (Phi) is 6.40. The fourth-order valence-corrected chi connectivity index (χ4v) is 4.99. The number of H-pyrrole nitrogens is 1. The van der Waals surface area contributed by atoms with E-state index >= 15 is 0 Å². The van der Waals surface area contributed by atoms with Crippen LogP contribution in [0.5, 0.6) is 0 Å². The lowest BCUT2D eigenvalue weighted by atomic mass is 9.65. The second-order valence-electron chi connectivity index (χ2n) is 8.08. The van der Waals surface area contributed by atoms with Crippen molar-refractivity contribution in [3.05, 3.63) is 40.4 Å². The van der Waals surface area contributed by atoms with Crippen LogP contribution in [0, 0.1) is 17.8 Å². The molecule has 2 saturated carbocycles. The van der Waals surface area contributed by atoms with Crippen LogP contribution in [-0.4, -0.2) is 33.4 Å². The average Bonchev–Trinajstić information content (AvgIpc) is 2.65. The van der Waals surface area contributed by atoms with Crippen LogP contribution in [0.4, 0.5) is 0 Å². The topological polar surface area (TPSA) is 92.1 Å². The van der Waals surface area contributed by atoms with Gasteiger partial charge in [0.1, 0.15) is 5.82 Å². The monoisotopic (exact) mass is 404 g/mol. The van der Waals surface area contributed by atoms with E-state index in [9.17, 15) is 9.59 Å². The summed E-state index contributed by atoms with van der Waals surface area (Å²) in [6.45, 7) is 2.92. The number of benzene rings is 1. The number of para-hydroxylation sites is 1. The standard InChI is InChI=1S/C21H28N4O2.ClH/c1-2-25(12-18-23-17-9-4-3-8-16(17)20(26)24-18)21(27)15-10-13-6-5-7-14(11-15)19(13)22;/h3-4,8-9,13-15,19H,2,5-7,10-12,22H2,1H3,(H,23,24,26);1H. The summed E-state index contributed by atoms with van der Waals surface area (Å²) in [6.07, 6.45) is 5.33. The van der Waals surface area contributed by atoms with Gasteiger partial charge in [-0.3, -0.25) is 9.59 Å². The number of hydrogen-bond donors (Lipinski definition) is 2. The molecule has 7 heteroatoms. The zero-order valence-electron chi connectivity index (χ0n) is 16.3. The number of rotatable bonds is 4. The lowest BCUT2D eigenvalue weighted by Gasteiger charge is -2.44. The molecule has 2 aliphatic rings. The molecule has 3 N–H and O–H groups in total. The Bertz CT molecular complexity index is 885. The molecule has 1 amide bonds. The van der Waals surface area contributed by atoms with Crippen LogP contribution in [0.1, 0.15) is 44.9 Å². The summed E-state index contributed by atoms with van der Waals surface area (Å²) in [6, 6.07) is 7.54. The fourth-order valence-electron chi connectivity index (χ4n) is 4.99. The summed E-state index contributed by atoms with van der Waals surface area (Å²) in [5.41, 5.74) is 6.88. The molecule has 6 nitrogen and oxygen atoms in total. The normalized spacial score (nSPS) is 26.5. The molecule has 1 aromatic carbocycles. The lowest BCUT2D eigenvalue weighted by Crippen LogP contribution is -2.49. The number of nitrogens with two attached hydrogens (primary N) is 1. The molecule has 0 radical (unpaired) electrons. The summed E-state index contributed by atoms with van der Waals surface area (Å²) in [7, 11) is 0. The van der Waals surface area contributed by atoms with Gasteiger partial charge in [0.05, 0.1) is 17.4 Å². The van der Waals surface area contributed by atoms with E-state index < -0.39 is 0 Å². The zero-order chi connectivity index (χ0) is 19.0. The van der Waals surface area contributed by atoms with Gasteiger partial charge in [-0.05, 0) is 56.6 Å². The molecule has 1 heterocycles. The Hall–Kier alpha value is -1.92. The highest BCUT2D eigenvalue weighted by molar-refractivity contribution is 5.85. The molecule has 2 aliphatic carbocycles. The van der Waals surface area contributed by atoms with E-state index in [1.54, 1.807) is 6.07 Å². The van der Waals surface area contributed by atoms with E-state index in [4.69, 9.17) is 5.73 Å². The smallest absolute Gasteiger partial charge is 0.258 e. The number of fused-ring (bicyclic) bond motifs is 3. The Balaban J connectivity index is 0.00000225. The second kappa shape index (κ2) is 8.62. The van der Waals surface area contributed by atoms with Gasteiger partial charge >= 0.3 is 0 Å². The first-order valence-corrected chi connectivity index (χ1v) is 10.1. The van der Waals surface area contributed by atoms with Crippen molar-refractivity contribution in [2.75, 3.05) is 6.54 Å². The Morgan fingerprint density at radius 1 is 1.25 bits per heavy atom. The Morgan fingerprint density at radius 2 is 1.93 bits per heavy atom. The Labute approximate surface area is 171 Å². The van der Waals surface area contributed by atoms with Gasteiger partial charge in [0.15, 0.2) is 0 Å². The number of halogens is 1. The van der Waals surface area contributed by atoms with E-state index in [2.05, 4.69) is 9.97 Å². The first kappa shape index (κ1) is 20.8. The van der Waals surface area contributed by atoms with Crippen LogP contribution in [-0.2, 0) is 11.3 Å².